The van der Waals surface area contributed by atoms with Gasteiger partial charge >= 0.3 is 0 Å². The number of carbonyl (C=O) groups is 1. The summed E-state index contributed by atoms with van der Waals surface area (Å²) in [5.74, 6) is 0.784. The van der Waals surface area contributed by atoms with Gasteiger partial charge in [-0.3, -0.25) is 4.79 Å². The molecule has 1 N–H and O–H groups in total. The molecule has 1 aromatic rings. The Labute approximate surface area is 138 Å². The van der Waals surface area contributed by atoms with Crippen molar-refractivity contribution < 1.29 is 9.53 Å². The van der Waals surface area contributed by atoms with E-state index >= 15 is 0 Å². The molecule has 2 aliphatic rings. The maximum absolute atomic E-state index is 12.3. The number of nitrogens with zero attached hydrogens (tertiary/aromatic N) is 2. The van der Waals surface area contributed by atoms with Gasteiger partial charge in [-0.25, -0.2) is 0 Å². The van der Waals surface area contributed by atoms with E-state index in [4.69, 9.17) is 4.74 Å². The van der Waals surface area contributed by atoms with E-state index < -0.39 is 0 Å². The molecule has 1 aromatic carbocycles. The van der Waals surface area contributed by atoms with Gasteiger partial charge in [-0.15, -0.1) is 0 Å². The zero-order valence-electron chi connectivity index (χ0n) is 14.0. The van der Waals surface area contributed by atoms with Crippen molar-refractivity contribution >= 4 is 5.91 Å². The highest BCUT2D eigenvalue weighted by atomic mass is 16.5. The second-order valence-electron chi connectivity index (χ2n) is 6.32. The lowest BCUT2D eigenvalue weighted by Crippen LogP contribution is -2.46. The zero-order valence-corrected chi connectivity index (χ0v) is 14.0. The summed E-state index contributed by atoms with van der Waals surface area (Å²) in [7, 11) is 0. The van der Waals surface area contributed by atoms with Crippen molar-refractivity contribution in [2.45, 2.75) is 19.3 Å². The van der Waals surface area contributed by atoms with Crippen molar-refractivity contribution in [2.75, 3.05) is 52.4 Å². The van der Waals surface area contributed by atoms with Crippen molar-refractivity contribution in [1.82, 2.24) is 15.1 Å². The van der Waals surface area contributed by atoms with Crippen LogP contribution in [0.15, 0.2) is 24.3 Å². The zero-order chi connectivity index (χ0) is 16.1. The predicted molar refractivity (Wildman–Crippen MR) is 90.9 cm³/mol. The summed E-state index contributed by atoms with van der Waals surface area (Å²) >= 11 is 0. The van der Waals surface area contributed by atoms with Gasteiger partial charge in [0.1, 0.15) is 18.3 Å². The minimum absolute atomic E-state index is 0.0887. The minimum Gasteiger partial charge on any atom is -0.492 e. The average molecular weight is 317 g/mol. The summed E-state index contributed by atoms with van der Waals surface area (Å²) in [6.07, 6.45) is 1.01. The molecule has 0 aliphatic carbocycles. The first-order chi connectivity index (χ1) is 11.3. The van der Waals surface area contributed by atoms with Crippen LogP contribution in [-0.2, 0) is 4.79 Å². The summed E-state index contributed by atoms with van der Waals surface area (Å²) in [6.45, 7) is 10.3. The van der Waals surface area contributed by atoms with Gasteiger partial charge in [0, 0.05) is 38.3 Å². The SMILES string of the molecule is CCN1CCN(CCCNC(=O)C2COc3ccccc32)CC1. The summed E-state index contributed by atoms with van der Waals surface area (Å²) in [6, 6.07) is 7.82. The van der Waals surface area contributed by atoms with Crippen LogP contribution in [0.1, 0.15) is 24.8 Å². The smallest absolute Gasteiger partial charge is 0.231 e. The molecule has 0 aromatic heterocycles. The molecule has 1 unspecified atom stereocenters. The van der Waals surface area contributed by atoms with E-state index in [1.165, 1.54) is 13.1 Å². The van der Waals surface area contributed by atoms with Crippen molar-refractivity contribution in [2.24, 2.45) is 0 Å². The number of carbonyl (C=O) groups excluding carboxylic acids is 1. The van der Waals surface area contributed by atoms with Gasteiger partial charge in [-0.05, 0) is 25.6 Å². The van der Waals surface area contributed by atoms with Crippen LogP contribution in [0.4, 0.5) is 0 Å². The molecule has 0 bridgehead atoms. The number of nitrogens with one attached hydrogen (secondary N) is 1. The van der Waals surface area contributed by atoms with Gasteiger partial charge in [0.05, 0.1) is 0 Å². The molecule has 0 radical (unpaired) electrons. The Bertz CT molecular complexity index is 527. The first kappa shape index (κ1) is 16.3. The van der Waals surface area contributed by atoms with Crippen molar-refractivity contribution in [3.63, 3.8) is 0 Å². The van der Waals surface area contributed by atoms with Gasteiger partial charge in [0.25, 0.3) is 0 Å². The molecular formula is C18H27N3O2. The van der Waals surface area contributed by atoms with Crippen LogP contribution in [0, 0.1) is 0 Å². The van der Waals surface area contributed by atoms with Crippen molar-refractivity contribution in [3.05, 3.63) is 29.8 Å². The molecule has 0 saturated carbocycles. The molecule has 23 heavy (non-hydrogen) atoms. The van der Waals surface area contributed by atoms with Crippen LogP contribution in [0.5, 0.6) is 5.75 Å². The van der Waals surface area contributed by atoms with E-state index in [0.29, 0.717) is 6.61 Å². The Morgan fingerprint density at radius 2 is 1.96 bits per heavy atom. The fourth-order valence-electron chi connectivity index (χ4n) is 3.35. The number of piperazine rings is 1. The lowest BCUT2D eigenvalue weighted by Gasteiger charge is -2.34. The van der Waals surface area contributed by atoms with Crippen LogP contribution in [-0.4, -0.2) is 68.1 Å². The van der Waals surface area contributed by atoms with Gasteiger partial charge in [0.2, 0.25) is 5.91 Å². The number of fused-ring (bicyclic) bond motifs is 1. The van der Waals surface area contributed by atoms with E-state index in [1.54, 1.807) is 0 Å². The van der Waals surface area contributed by atoms with Crippen molar-refractivity contribution in [3.8, 4) is 5.75 Å². The Morgan fingerprint density at radius 3 is 2.74 bits per heavy atom. The molecule has 1 fully saturated rings. The number of hydrogen-bond donors (Lipinski definition) is 1. The maximum Gasteiger partial charge on any atom is 0.231 e. The number of ether oxygens (including phenoxy) is 1. The number of hydrogen-bond acceptors (Lipinski definition) is 4. The molecule has 2 heterocycles. The van der Waals surface area contributed by atoms with Crippen LogP contribution >= 0.6 is 0 Å². The summed E-state index contributed by atoms with van der Waals surface area (Å²) in [4.78, 5) is 17.3. The minimum atomic E-state index is -0.153. The summed E-state index contributed by atoms with van der Waals surface area (Å²) < 4.78 is 5.58. The highest BCUT2D eigenvalue weighted by molar-refractivity contribution is 5.85. The summed E-state index contributed by atoms with van der Waals surface area (Å²) in [5.41, 5.74) is 1.01. The average Bonchev–Trinajstić information content (AvgIpc) is 3.03. The molecule has 1 saturated heterocycles. The molecule has 5 nitrogen and oxygen atoms in total. The van der Waals surface area contributed by atoms with Crippen LogP contribution < -0.4 is 10.1 Å². The van der Waals surface area contributed by atoms with Gasteiger partial charge in [0.15, 0.2) is 0 Å². The highest BCUT2D eigenvalue weighted by Crippen LogP contribution is 2.33. The van der Waals surface area contributed by atoms with Gasteiger partial charge in [-0.2, -0.15) is 0 Å². The van der Waals surface area contributed by atoms with E-state index in [1.807, 2.05) is 24.3 Å². The second-order valence-corrected chi connectivity index (χ2v) is 6.32. The molecule has 2 aliphatic heterocycles. The molecular weight excluding hydrogens is 290 g/mol. The number of rotatable bonds is 6. The molecule has 3 rings (SSSR count). The Morgan fingerprint density at radius 1 is 1.22 bits per heavy atom. The molecule has 5 heteroatoms. The molecule has 1 amide bonds. The Balaban J connectivity index is 1.36. The van der Waals surface area contributed by atoms with Crippen molar-refractivity contribution in [1.29, 1.82) is 0 Å². The van der Waals surface area contributed by atoms with Crippen LogP contribution in [0.2, 0.25) is 0 Å². The topological polar surface area (TPSA) is 44.8 Å². The number of para-hydroxylation sites is 1. The van der Waals surface area contributed by atoms with Crippen LogP contribution in [0.3, 0.4) is 0 Å². The molecule has 126 valence electrons. The summed E-state index contributed by atoms with van der Waals surface area (Å²) in [5, 5.41) is 3.07. The second kappa shape index (κ2) is 7.79. The molecule has 0 spiro atoms. The third-order valence-corrected chi connectivity index (χ3v) is 4.88. The van der Waals surface area contributed by atoms with E-state index in [2.05, 4.69) is 22.0 Å². The fourth-order valence-corrected chi connectivity index (χ4v) is 3.35. The molecule has 1 atom stereocenters. The van der Waals surface area contributed by atoms with Crippen LogP contribution in [0.25, 0.3) is 0 Å². The quantitative estimate of drug-likeness (QED) is 0.804. The number of amides is 1. The first-order valence-electron chi connectivity index (χ1n) is 8.72. The Hall–Kier alpha value is -1.59. The first-order valence-corrected chi connectivity index (χ1v) is 8.72. The van der Waals surface area contributed by atoms with E-state index in [-0.39, 0.29) is 11.8 Å². The Kier molecular flexibility index (Phi) is 5.51. The lowest BCUT2D eigenvalue weighted by atomic mass is 10.0. The standard InChI is InChI=1S/C18H27N3O2/c1-2-20-10-12-21(13-11-20)9-5-8-19-18(22)16-14-23-17-7-4-3-6-15(16)17/h3-4,6-7,16H,2,5,8-14H2,1H3,(H,19,22). The lowest BCUT2D eigenvalue weighted by molar-refractivity contribution is -0.122. The predicted octanol–water partition coefficient (Wildman–Crippen LogP) is 1.31. The fraction of sp³-hybridized carbons (Fsp3) is 0.611. The number of benzene rings is 1. The van der Waals surface area contributed by atoms with Gasteiger partial charge < -0.3 is 19.9 Å². The van der Waals surface area contributed by atoms with E-state index in [0.717, 1.165) is 50.5 Å². The van der Waals surface area contributed by atoms with Gasteiger partial charge in [-0.1, -0.05) is 25.1 Å². The number of likely N-dealkylation sites (N-methyl/N-ethyl adjacent to an activating group) is 1. The highest BCUT2D eigenvalue weighted by Gasteiger charge is 2.29. The maximum atomic E-state index is 12.3. The largest absolute Gasteiger partial charge is 0.492 e. The monoisotopic (exact) mass is 317 g/mol. The normalized spacial score (nSPS) is 21.7. The third-order valence-electron chi connectivity index (χ3n) is 4.88. The third kappa shape index (κ3) is 4.03. The van der Waals surface area contributed by atoms with E-state index in [9.17, 15) is 4.79 Å².